The SMILES string of the molecule is CN1CCN(S(=O)(=O)c2cccc(N3CCCC3)c2)CC1. The van der Waals surface area contributed by atoms with E-state index < -0.39 is 10.0 Å². The van der Waals surface area contributed by atoms with Crippen molar-refractivity contribution in [3.05, 3.63) is 24.3 Å². The van der Waals surface area contributed by atoms with Crippen molar-refractivity contribution in [2.75, 3.05) is 51.2 Å². The molecule has 2 saturated heterocycles. The Labute approximate surface area is 127 Å². The van der Waals surface area contributed by atoms with Crippen LogP contribution >= 0.6 is 0 Å². The predicted molar refractivity (Wildman–Crippen MR) is 84.1 cm³/mol. The number of hydrogen-bond donors (Lipinski definition) is 0. The highest BCUT2D eigenvalue weighted by Gasteiger charge is 2.28. The van der Waals surface area contributed by atoms with Crippen LogP contribution in [0.1, 0.15) is 12.8 Å². The fourth-order valence-electron chi connectivity index (χ4n) is 2.99. The van der Waals surface area contributed by atoms with Crippen LogP contribution in [-0.4, -0.2) is 63.9 Å². The molecule has 0 aliphatic carbocycles. The third-order valence-corrected chi connectivity index (χ3v) is 6.28. The van der Waals surface area contributed by atoms with Crippen LogP contribution < -0.4 is 4.90 Å². The molecule has 2 fully saturated rings. The van der Waals surface area contributed by atoms with Crippen LogP contribution in [0.2, 0.25) is 0 Å². The monoisotopic (exact) mass is 309 g/mol. The van der Waals surface area contributed by atoms with Crippen LogP contribution in [0, 0.1) is 0 Å². The number of sulfonamides is 1. The summed E-state index contributed by atoms with van der Waals surface area (Å²) in [7, 11) is -1.33. The molecule has 0 saturated carbocycles. The Morgan fingerprint density at radius 2 is 1.62 bits per heavy atom. The van der Waals surface area contributed by atoms with Gasteiger partial charge in [0.05, 0.1) is 4.90 Å². The Bertz CT molecular complexity index is 589. The molecule has 2 aliphatic heterocycles. The van der Waals surface area contributed by atoms with Gasteiger partial charge in [-0.25, -0.2) is 8.42 Å². The molecule has 2 aliphatic rings. The molecule has 0 amide bonds. The van der Waals surface area contributed by atoms with Gasteiger partial charge in [-0.2, -0.15) is 4.31 Å². The van der Waals surface area contributed by atoms with Gasteiger partial charge in [0, 0.05) is 45.0 Å². The molecular formula is C15H23N3O2S. The summed E-state index contributed by atoms with van der Waals surface area (Å²) in [5, 5.41) is 0. The van der Waals surface area contributed by atoms with E-state index in [4.69, 9.17) is 0 Å². The lowest BCUT2D eigenvalue weighted by molar-refractivity contribution is 0.222. The summed E-state index contributed by atoms with van der Waals surface area (Å²) in [6.07, 6.45) is 2.38. The molecule has 0 unspecified atom stereocenters. The summed E-state index contributed by atoms with van der Waals surface area (Å²) < 4.78 is 27.1. The zero-order valence-electron chi connectivity index (χ0n) is 12.5. The lowest BCUT2D eigenvalue weighted by Gasteiger charge is -2.31. The molecule has 3 rings (SSSR count). The maximum atomic E-state index is 12.7. The van der Waals surface area contributed by atoms with E-state index in [0.29, 0.717) is 18.0 Å². The minimum absolute atomic E-state index is 0.427. The quantitative estimate of drug-likeness (QED) is 0.842. The first-order valence-corrected chi connectivity index (χ1v) is 9.05. The van der Waals surface area contributed by atoms with Crippen molar-refractivity contribution >= 4 is 15.7 Å². The van der Waals surface area contributed by atoms with Crippen molar-refractivity contribution < 1.29 is 8.42 Å². The van der Waals surface area contributed by atoms with Crippen LogP contribution in [0.25, 0.3) is 0 Å². The van der Waals surface area contributed by atoms with Gasteiger partial charge >= 0.3 is 0 Å². The van der Waals surface area contributed by atoms with Crippen molar-refractivity contribution in [2.45, 2.75) is 17.7 Å². The van der Waals surface area contributed by atoms with Gasteiger partial charge in [-0.05, 0) is 38.1 Å². The highest BCUT2D eigenvalue weighted by Crippen LogP contribution is 2.25. The topological polar surface area (TPSA) is 43.9 Å². The average molecular weight is 309 g/mol. The Balaban J connectivity index is 1.83. The van der Waals surface area contributed by atoms with E-state index in [2.05, 4.69) is 9.80 Å². The first-order chi connectivity index (χ1) is 10.1. The first kappa shape index (κ1) is 14.8. The number of rotatable bonds is 3. The minimum Gasteiger partial charge on any atom is -0.371 e. The lowest BCUT2D eigenvalue weighted by Crippen LogP contribution is -2.47. The van der Waals surface area contributed by atoms with Gasteiger partial charge in [0.25, 0.3) is 0 Å². The third-order valence-electron chi connectivity index (χ3n) is 4.39. The predicted octanol–water partition coefficient (Wildman–Crippen LogP) is 1.22. The summed E-state index contributed by atoms with van der Waals surface area (Å²) in [6, 6.07) is 7.41. The normalized spacial score (nSPS) is 21.9. The number of piperazine rings is 1. The van der Waals surface area contributed by atoms with Crippen molar-refractivity contribution in [3.8, 4) is 0 Å². The molecule has 0 bridgehead atoms. The molecular weight excluding hydrogens is 286 g/mol. The van der Waals surface area contributed by atoms with Crippen LogP contribution in [0.5, 0.6) is 0 Å². The second kappa shape index (κ2) is 5.94. The standard InChI is InChI=1S/C15H23N3O2S/c1-16-9-11-18(12-10-16)21(19,20)15-6-4-5-14(13-15)17-7-2-3-8-17/h4-6,13H,2-3,7-12H2,1H3. The van der Waals surface area contributed by atoms with Crippen LogP contribution in [0.15, 0.2) is 29.2 Å². The molecule has 5 nitrogen and oxygen atoms in total. The zero-order valence-corrected chi connectivity index (χ0v) is 13.3. The van der Waals surface area contributed by atoms with E-state index in [1.165, 1.54) is 12.8 Å². The minimum atomic E-state index is -3.36. The first-order valence-electron chi connectivity index (χ1n) is 7.61. The number of benzene rings is 1. The molecule has 1 aromatic rings. The fraction of sp³-hybridized carbons (Fsp3) is 0.600. The molecule has 6 heteroatoms. The van der Waals surface area contributed by atoms with Crippen LogP contribution in [-0.2, 0) is 10.0 Å². The van der Waals surface area contributed by atoms with Crippen molar-refractivity contribution in [1.82, 2.24) is 9.21 Å². The summed E-state index contributed by atoms with van der Waals surface area (Å²) >= 11 is 0. The lowest BCUT2D eigenvalue weighted by atomic mass is 10.3. The molecule has 0 aromatic heterocycles. The second-order valence-corrected chi connectivity index (χ2v) is 7.84. The fourth-order valence-corrected chi connectivity index (χ4v) is 4.46. The molecule has 0 atom stereocenters. The summed E-state index contributed by atoms with van der Waals surface area (Å²) in [5.41, 5.74) is 1.03. The Hall–Kier alpha value is -1.11. The van der Waals surface area contributed by atoms with Crippen molar-refractivity contribution in [2.24, 2.45) is 0 Å². The number of likely N-dealkylation sites (N-methyl/N-ethyl adjacent to an activating group) is 1. The van der Waals surface area contributed by atoms with E-state index in [9.17, 15) is 8.42 Å². The van der Waals surface area contributed by atoms with E-state index in [-0.39, 0.29) is 0 Å². The highest BCUT2D eigenvalue weighted by molar-refractivity contribution is 7.89. The van der Waals surface area contributed by atoms with Crippen molar-refractivity contribution in [3.63, 3.8) is 0 Å². The Kier molecular flexibility index (Phi) is 4.19. The van der Waals surface area contributed by atoms with E-state index >= 15 is 0 Å². The van der Waals surface area contributed by atoms with Crippen molar-refractivity contribution in [1.29, 1.82) is 0 Å². The molecule has 0 N–H and O–H groups in total. The highest BCUT2D eigenvalue weighted by atomic mass is 32.2. The largest absolute Gasteiger partial charge is 0.371 e. The van der Waals surface area contributed by atoms with Gasteiger partial charge < -0.3 is 9.80 Å². The number of hydrogen-bond acceptors (Lipinski definition) is 4. The summed E-state index contributed by atoms with van der Waals surface area (Å²) in [6.45, 7) is 4.80. The van der Waals surface area contributed by atoms with Gasteiger partial charge in [-0.3, -0.25) is 0 Å². The second-order valence-electron chi connectivity index (χ2n) is 5.90. The zero-order chi connectivity index (χ0) is 14.9. The van der Waals surface area contributed by atoms with Gasteiger partial charge in [0.15, 0.2) is 0 Å². The molecule has 21 heavy (non-hydrogen) atoms. The maximum Gasteiger partial charge on any atom is 0.243 e. The van der Waals surface area contributed by atoms with E-state index in [1.54, 1.807) is 10.4 Å². The molecule has 2 heterocycles. The molecule has 0 spiro atoms. The average Bonchev–Trinajstić information content (AvgIpc) is 3.02. The Morgan fingerprint density at radius 3 is 2.29 bits per heavy atom. The molecule has 0 radical (unpaired) electrons. The molecule has 116 valence electrons. The molecule has 1 aromatic carbocycles. The number of anilines is 1. The summed E-state index contributed by atoms with van der Waals surface area (Å²) in [5.74, 6) is 0. The van der Waals surface area contributed by atoms with Gasteiger partial charge in [0.1, 0.15) is 0 Å². The van der Waals surface area contributed by atoms with Crippen LogP contribution in [0.3, 0.4) is 0 Å². The van der Waals surface area contributed by atoms with E-state index in [0.717, 1.165) is 31.9 Å². The van der Waals surface area contributed by atoms with Gasteiger partial charge in [0.2, 0.25) is 10.0 Å². The smallest absolute Gasteiger partial charge is 0.243 e. The number of nitrogens with zero attached hydrogens (tertiary/aromatic N) is 3. The third kappa shape index (κ3) is 3.07. The summed E-state index contributed by atoms with van der Waals surface area (Å²) in [4.78, 5) is 4.85. The van der Waals surface area contributed by atoms with Gasteiger partial charge in [-0.1, -0.05) is 6.07 Å². The van der Waals surface area contributed by atoms with Gasteiger partial charge in [-0.15, -0.1) is 0 Å². The maximum absolute atomic E-state index is 12.7. The Morgan fingerprint density at radius 1 is 0.952 bits per heavy atom. The van der Waals surface area contributed by atoms with Crippen LogP contribution in [0.4, 0.5) is 5.69 Å². The van der Waals surface area contributed by atoms with E-state index in [1.807, 2.05) is 25.2 Å².